The summed E-state index contributed by atoms with van der Waals surface area (Å²) in [5, 5.41) is 2.91. The van der Waals surface area contributed by atoms with Gasteiger partial charge in [-0.15, -0.1) is 0 Å². The summed E-state index contributed by atoms with van der Waals surface area (Å²) < 4.78 is 39.5. The number of benzene rings is 1. The van der Waals surface area contributed by atoms with Crippen molar-refractivity contribution >= 4 is 5.91 Å². The van der Waals surface area contributed by atoms with E-state index in [0.29, 0.717) is 12.8 Å². The van der Waals surface area contributed by atoms with Crippen LogP contribution in [0.15, 0.2) is 24.3 Å². The van der Waals surface area contributed by atoms with E-state index >= 15 is 0 Å². The number of hydrogen-bond donors (Lipinski definition) is 1. The molecule has 1 aliphatic heterocycles. The Morgan fingerprint density at radius 1 is 1.29 bits per heavy atom. The zero-order valence-electron chi connectivity index (χ0n) is 12.1. The average molecular weight is 300 g/mol. The van der Waals surface area contributed by atoms with Crippen molar-refractivity contribution in [3.63, 3.8) is 0 Å². The zero-order chi connectivity index (χ0) is 15.6. The SMILES string of the molecule is CCC(CC)N1C(=O)CNC1c1ccccc1C(F)(F)F. The highest BCUT2D eigenvalue weighted by Gasteiger charge is 2.41. The van der Waals surface area contributed by atoms with E-state index in [1.54, 1.807) is 11.0 Å². The molecule has 1 aliphatic rings. The van der Waals surface area contributed by atoms with Crippen LogP contribution in [0.2, 0.25) is 0 Å². The number of nitrogens with one attached hydrogen (secondary N) is 1. The lowest BCUT2D eigenvalue weighted by Crippen LogP contribution is -2.39. The largest absolute Gasteiger partial charge is 0.416 e. The summed E-state index contributed by atoms with van der Waals surface area (Å²) in [4.78, 5) is 13.6. The Balaban J connectivity index is 2.43. The Morgan fingerprint density at radius 3 is 2.48 bits per heavy atom. The highest BCUT2D eigenvalue weighted by atomic mass is 19.4. The van der Waals surface area contributed by atoms with Crippen molar-refractivity contribution in [2.45, 2.75) is 45.1 Å². The molecule has 0 aliphatic carbocycles. The van der Waals surface area contributed by atoms with Crippen molar-refractivity contribution in [1.82, 2.24) is 10.2 Å². The van der Waals surface area contributed by atoms with Crippen molar-refractivity contribution in [2.24, 2.45) is 0 Å². The van der Waals surface area contributed by atoms with Crippen LogP contribution in [0.1, 0.15) is 44.0 Å². The zero-order valence-corrected chi connectivity index (χ0v) is 12.1. The number of carbonyl (C=O) groups is 1. The Labute approximate surface area is 122 Å². The Bertz CT molecular complexity index is 512. The first-order chi connectivity index (χ1) is 9.90. The molecule has 1 atom stereocenters. The number of amides is 1. The van der Waals surface area contributed by atoms with Gasteiger partial charge >= 0.3 is 6.18 Å². The van der Waals surface area contributed by atoms with Crippen molar-refractivity contribution < 1.29 is 18.0 Å². The van der Waals surface area contributed by atoms with Crippen LogP contribution < -0.4 is 5.32 Å². The summed E-state index contributed by atoms with van der Waals surface area (Å²) in [6, 6.07) is 5.38. The van der Waals surface area contributed by atoms with Crippen LogP contribution in [-0.4, -0.2) is 23.4 Å². The van der Waals surface area contributed by atoms with Gasteiger partial charge in [0.1, 0.15) is 6.17 Å². The van der Waals surface area contributed by atoms with Gasteiger partial charge in [0.25, 0.3) is 0 Å². The molecule has 1 amide bonds. The van der Waals surface area contributed by atoms with Gasteiger partial charge in [-0.25, -0.2) is 0 Å². The Morgan fingerprint density at radius 2 is 1.90 bits per heavy atom. The van der Waals surface area contributed by atoms with Gasteiger partial charge in [-0.05, 0) is 18.9 Å². The highest BCUT2D eigenvalue weighted by Crippen LogP contribution is 2.37. The minimum absolute atomic E-state index is 0.0567. The van der Waals surface area contributed by atoms with Gasteiger partial charge < -0.3 is 4.90 Å². The molecule has 1 N–H and O–H groups in total. The molecule has 1 unspecified atom stereocenters. The minimum Gasteiger partial charge on any atom is -0.319 e. The summed E-state index contributed by atoms with van der Waals surface area (Å²) in [5.41, 5.74) is -0.573. The summed E-state index contributed by atoms with van der Waals surface area (Å²) in [6.45, 7) is 3.95. The average Bonchev–Trinajstić information content (AvgIpc) is 2.82. The van der Waals surface area contributed by atoms with E-state index in [1.807, 2.05) is 13.8 Å². The van der Waals surface area contributed by atoms with Crippen molar-refractivity contribution in [3.05, 3.63) is 35.4 Å². The molecule has 1 fully saturated rings. The molecule has 0 radical (unpaired) electrons. The van der Waals surface area contributed by atoms with Crippen LogP contribution in [0.5, 0.6) is 0 Å². The molecule has 1 saturated heterocycles. The first-order valence-electron chi connectivity index (χ1n) is 7.10. The topological polar surface area (TPSA) is 32.3 Å². The van der Waals surface area contributed by atoms with Crippen LogP contribution >= 0.6 is 0 Å². The molecule has 0 spiro atoms. The van der Waals surface area contributed by atoms with Gasteiger partial charge in [-0.2, -0.15) is 13.2 Å². The molecule has 1 heterocycles. The second kappa shape index (κ2) is 6.05. The van der Waals surface area contributed by atoms with E-state index in [0.717, 1.165) is 6.07 Å². The minimum atomic E-state index is -4.43. The van der Waals surface area contributed by atoms with E-state index in [4.69, 9.17) is 0 Å². The first-order valence-corrected chi connectivity index (χ1v) is 7.10. The molecular formula is C15H19F3N2O. The molecular weight excluding hydrogens is 281 g/mol. The molecule has 2 rings (SSSR count). The van der Waals surface area contributed by atoms with E-state index in [2.05, 4.69) is 5.32 Å². The standard InChI is InChI=1S/C15H19F3N2O/c1-3-10(4-2)20-13(21)9-19-14(20)11-7-5-6-8-12(11)15(16,17)18/h5-8,10,14,19H,3-4,9H2,1-2H3. The van der Waals surface area contributed by atoms with Crippen molar-refractivity contribution in [1.29, 1.82) is 0 Å². The molecule has 1 aromatic rings. The summed E-state index contributed by atoms with van der Waals surface area (Å²) in [7, 11) is 0. The summed E-state index contributed by atoms with van der Waals surface area (Å²) in [5.74, 6) is -0.148. The van der Waals surface area contributed by atoms with Gasteiger partial charge in [0.05, 0.1) is 12.1 Å². The van der Waals surface area contributed by atoms with Crippen LogP contribution in [0, 0.1) is 0 Å². The first kappa shape index (κ1) is 15.8. The van der Waals surface area contributed by atoms with Crippen LogP contribution in [0.25, 0.3) is 0 Å². The normalized spacial score (nSPS) is 19.6. The smallest absolute Gasteiger partial charge is 0.319 e. The maximum Gasteiger partial charge on any atom is 0.416 e. The van der Waals surface area contributed by atoms with E-state index < -0.39 is 17.9 Å². The molecule has 3 nitrogen and oxygen atoms in total. The third-order valence-electron chi connectivity index (χ3n) is 3.91. The van der Waals surface area contributed by atoms with E-state index in [-0.39, 0.29) is 24.1 Å². The number of alkyl halides is 3. The number of carbonyl (C=O) groups excluding carboxylic acids is 1. The number of nitrogens with zero attached hydrogens (tertiary/aromatic N) is 1. The van der Waals surface area contributed by atoms with Crippen molar-refractivity contribution in [3.8, 4) is 0 Å². The maximum absolute atomic E-state index is 13.2. The second-order valence-corrected chi connectivity index (χ2v) is 5.14. The van der Waals surface area contributed by atoms with Crippen LogP contribution in [-0.2, 0) is 11.0 Å². The van der Waals surface area contributed by atoms with Gasteiger partial charge in [-0.3, -0.25) is 10.1 Å². The highest BCUT2D eigenvalue weighted by molar-refractivity contribution is 5.81. The molecule has 21 heavy (non-hydrogen) atoms. The van der Waals surface area contributed by atoms with Gasteiger partial charge in [0.15, 0.2) is 0 Å². The van der Waals surface area contributed by atoms with Gasteiger partial charge in [0, 0.05) is 11.6 Å². The second-order valence-electron chi connectivity index (χ2n) is 5.14. The lowest BCUT2D eigenvalue weighted by Gasteiger charge is -2.33. The summed E-state index contributed by atoms with van der Waals surface area (Å²) >= 11 is 0. The fourth-order valence-electron chi connectivity index (χ4n) is 2.87. The monoisotopic (exact) mass is 300 g/mol. The van der Waals surface area contributed by atoms with E-state index in [9.17, 15) is 18.0 Å². The third-order valence-corrected chi connectivity index (χ3v) is 3.91. The van der Waals surface area contributed by atoms with Crippen LogP contribution in [0.4, 0.5) is 13.2 Å². The molecule has 0 saturated carbocycles. The number of hydrogen-bond acceptors (Lipinski definition) is 2. The predicted molar refractivity (Wildman–Crippen MR) is 73.4 cm³/mol. The number of rotatable bonds is 4. The maximum atomic E-state index is 13.2. The number of halogens is 3. The molecule has 116 valence electrons. The summed E-state index contributed by atoms with van der Waals surface area (Å²) in [6.07, 6.45) is -3.70. The lowest BCUT2D eigenvalue weighted by atomic mass is 10.0. The molecule has 1 aromatic carbocycles. The fraction of sp³-hybridized carbons (Fsp3) is 0.533. The van der Waals surface area contributed by atoms with E-state index in [1.165, 1.54) is 12.1 Å². The third kappa shape index (κ3) is 3.05. The van der Waals surface area contributed by atoms with Gasteiger partial charge in [-0.1, -0.05) is 32.0 Å². The van der Waals surface area contributed by atoms with Crippen molar-refractivity contribution in [2.75, 3.05) is 6.54 Å². The predicted octanol–water partition coefficient (Wildman–Crippen LogP) is 3.32. The molecule has 6 heteroatoms. The fourth-order valence-corrected chi connectivity index (χ4v) is 2.87. The molecule has 0 aromatic heterocycles. The Hall–Kier alpha value is -1.56. The van der Waals surface area contributed by atoms with Gasteiger partial charge in [0.2, 0.25) is 5.91 Å². The van der Waals surface area contributed by atoms with Crippen LogP contribution in [0.3, 0.4) is 0 Å². The Kier molecular flexibility index (Phi) is 4.56. The molecule has 0 bridgehead atoms. The lowest BCUT2D eigenvalue weighted by molar-refractivity contribution is -0.140. The quantitative estimate of drug-likeness (QED) is 0.925.